The summed E-state index contributed by atoms with van der Waals surface area (Å²) in [6.45, 7) is 5.40. The minimum absolute atomic E-state index is 0.00215. The van der Waals surface area contributed by atoms with Crippen LogP contribution in [0.1, 0.15) is 17.0 Å². The third-order valence-corrected chi connectivity index (χ3v) is 4.05. The Morgan fingerprint density at radius 1 is 1.25 bits per heavy atom. The molecule has 1 heterocycles. The number of nitrogens with two attached hydrogens (primary N) is 1. The Labute approximate surface area is 143 Å². The molecule has 0 radical (unpaired) electrons. The Hall–Kier alpha value is -2.34. The van der Waals surface area contributed by atoms with E-state index in [9.17, 15) is 4.79 Å². The summed E-state index contributed by atoms with van der Waals surface area (Å²) < 4.78 is 7.47. The van der Waals surface area contributed by atoms with Gasteiger partial charge in [0.1, 0.15) is 5.69 Å². The smallest absolute Gasteiger partial charge is 0.260 e. The van der Waals surface area contributed by atoms with E-state index in [1.165, 1.54) is 5.56 Å². The molecule has 1 aromatic carbocycles. The van der Waals surface area contributed by atoms with E-state index in [-0.39, 0.29) is 12.5 Å². The summed E-state index contributed by atoms with van der Waals surface area (Å²) in [6.07, 6.45) is 0.803. The van der Waals surface area contributed by atoms with Gasteiger partial charge in [0.2, 0.25) is 0 Å². The number of carbonyl (C=O) groups excluding carboxylic acids is 1. The van der Waals surface area contributed by atoms with E-state index in [1.54, 1.807) is 9.58 Å². The zero-order valence-corrected chi connectivity index (χ0v) is 14.7. The van der Waals surface area contributed by atoms with E-state index in [0.29, 0.717) is 25.4 Å². The molecule has 0 bridgehead atoms. The fraction of sp³-hybridized carbons (Fsp3) is 0.444. The number of amides is 1. The van der Waals surface area contributed by atoms with Crippen LogP contribution in [0.25, 0.3) is 0 Å². The molecule has 130 valence electrons. The van der Waals surface area contributed by atoms with Crippen LogP contribution < -0.4 is 10.5 Å². The zero-order chi connectivity index (χ0) is 17.5. The topological polar surface area (TPSA) is 73.4 Å². The number of ether oxygens (including phenoxy) is 1. The maximum Gasteiger partial charge on any atom is 0.260 e. The maximum absolute atomic E-state index is 12.5. The first-order valence-corrected chi connectivity index (χ1v) is 8.17. The molecule has 0 fully saturated rings. The van der Waals surface area contributed by atoms with Gasteiger partial charge in [-0.05, 0) is 25.8 Å². The summed E-state index contributed by atoms with van der Waals surface area (Å²) in [7, 11) is 1.86. The first-order valence-electron chi connectivity index (χ1n) is 8.17. The molecule has 1 amide bonds. The quantitative estimate of drug-likeness (QED) is 0.795. The second kappa shape index (κ2) is 8.49. The van der Waals surface area contributed by atoms with E-state index >= 15 is 0 Å². The van der Waals surface area contributed by atoms with Gasteiger partial charge in [0.05, 0.1) is 5.69 Å². The molecule has 0 aliphatic rings. The van der Waals surface area contributed by atoms with Gasteiger partial charge in [-0.2, -0.15) is 5.10 Å². The molecule has 2 N–H and O–H groups in total. The SMILES string of the molecule is Cc1nn(C)c(C)c1OCC(=O)N(CCN)CCc1ccccc1. The first-order chi connectivity index (χ1) is 11.5. The second-order valence-electron chi connectivity index (χ2n) is 5.82. The second-order valence-corrected chi connectivity index (χ2v) is 5.82. The van der Waals surface area contributed by atoms with Crippen molar-refractivity contribution in [3.05, 3.63) is 47.3 Å². The highest BCUT2D eigenvalue weighted by Crippen LogP contribution is 2.21. The number of aromatic nitrogens is 2. The summed E-state index contributed by atoms with van der Waals surface area (Å²) in [5.74, 6) is 0.626. The van der Waals surface area contributed by atoms with Crippen LogP contribution in [0.15, 0.2) is 30.3 Å². The van der Waals surface area contributed by atoms with Gasteiger partial charge >= 0.3 is 0 Å². The lowest BCUT2D eigenvalue weighted by atomic mass is 10.1. The number of hydrogen-bond acceptors (Lipinski definition) is 4. The average Bonchev–Trinajstić information content (AvgIpc) is 2.82. The van der Waals surface area contributed by atoms with Crippen molar-refractivity contribution in [1.82, 2.24) is 14.7 Å². The van der Waals surface area contributed by atoms with Crippen molar-refractivity contribution in [1.29, 1.82) is 0 Å². The van der Waals surface area contributed by atoms with Crippen LogP contribution >= 0.6 is 0 Å². The summed E-state index contributed by atoms with van der Waals surface area (Å²) >= 11 is 0. The van der Waals surface area contributed by atoms with E-state index in [0.717, 1.165) is 17.8 Å². The molecule has 1 aromatic heterocycles. The highest BCUT2D eigenvalue weighted by atomic mass is 16.5. The molecule has 0 aliphatic carbocycles. The summed E-state index contributed by atoms with van der Waals surface area (Å²) in [4.78, 5) is 14.2. The summed E-state index contributed by atoms with van der Waals surface area (Å²) in [5.41, 5.74) is 8.55. The van der Waals surface area contributed by atoms with Crippen LogP contribution in [-0.4, -0.2) is 46.8 Å². The lowest BCUT2D eigenvalue weighted by Gasteiger charge is -2.22. The van der Waals surface area contributed by atoms with Gasteiger partial charge in [0, 0.05) is 26.7 Å². The Morgan fingerprint density at radius 2 is 1.96 bits per heavy atom. The van der Waals surface area contributed by atoms with Crippen LogP contribution in [0.2, 0.25) is 0 Å². The van der Waals surface area contributed by atoms with Crippen LogP contribution in [-0.2, 0) is 18.3 Å². The predicted octanol–water partition coefficient (Wildman–Crippen LogP) is 1.45. The van der Waals surface area contributed by atoms with Gasteiger partial charge < -0.3 is 15.4 Å². The van der Waals surface area contributed by atoms with E-state index < -0.39 is 0 Å². The van der Waals surface area contributed by atoms with Crippen LogP contribution in [0, 0.1) is 13.8 Å². The number of nitrogens with zero attached hydrogens (tertiary/aromatic N) is 3. The van der Waals surface area contributed by atoms with Crippen molar-refractivity contribution < 1.29 is 9.53 Å². The van der Waals surface area contributed by atoms with Gasteiger partial charge in [0.25, 0.3) is 5.91 Å². The van der Waals surface area contributed by atoms with E-state index in [1.807, 2.05) is 39.1 Å². The molecule has 2 aromatic rings. The molecule has 0 atom stereocenters. The number of hydrogen-bond donors (Lipinski definition) is 1. The number of benzene rings is 1. The molecular weight excluding hydrogens is 304 g/mol. The van der Waals surface area contributed by atoms with Gasteiger partial charge in [-0.3, -0.25) is 9.48 Å². The van der Waals surface area contributed by atoms with Gasteiger partial charge in [-0.25, -0.2) is 0 Å². The maximum atomic E-state index is 12.5. The van der Waals surface area contributed by atoms with E-state index in [4.69, 9.17) is 10.5 Å². The third-order valence-electron chi connectivity index (χ3n) is 4.05. The van der Waals surface area contributed by atoms with Gasteiger partial charge in [-0.15, -0.1) is 0 Å². The minimum atomic E-state index is -0.0564. The fourth-order valence-corrected chi connectivity index (χ4v) is 2.61. The molecule has 2 rings (SSSR count). The van der Waals surface area contributed by atoms with Crippen molar-refractivity contribution in [2.45, 2.75) is 20.3 Å². The Morgan fingerprint density at radius 3 is 2.54 bits per heavy atom. The lowest BCUT2D eigenvalue weighted by Crippen LogP contribution is -2.39. The molecule has 0 saturated carbocycles. The Balaban J connectivity index is 1.93. The Kier molecular flexibility index (Phi) is 6.37. The summed E-state index contributed by atoms with van der Waals surface area (Å²) in [5, 5.41) is 4.29. The van der Waals surface area contributed by atoms with E-state index in [2.05, 4.69) is 17.2 Å². The van der Waals surface area contributed by atoms with Gasteiger partial charge in [0.15, 0.2) is 12.4 Å². The molecule has 0 aliphatic heterocycles. The van der Waals surface area contributed by atoms with Gasteiger partial charge in [-0.1, -0.05) is 30.3 Å². The third kappa shape index (κ3) is 4.58. The molecule has 24 heavy (non-hydrogen) atoms. The van der Waals surface area contributed by atoms with Crippen LogP contribution in [0.5, 0.6) is 5.75 Å². The normalized spacial score (nSPS) is 10.7. The zero-order valence-electron chi connectivity index (χ0n) is 14.7. The largest absolute Gasteiger partial charge is 0.480 e. The molecular formula is C18H26N4O2. The Bertz CT molecular complexity index is 667. The molecule has 0 unspecified atom stereocenters. The molecule has 0 saturated heterocycles. The summed E-state index contributed by atoms with van der Waals surface area (Å²) in [6, 6.07) is 10.1. The standard InChI is InChI=1S/C18H26N4O2/c1-14-18(15(2)21(3)20-14)24-13-17(23)22(12-10-19)11-9-16-7-5-4-6-8-16/h4-8H,9-13,19H2,1-3H3. The molecule has 0 spiro atoms. The number of carbonyl (C=O) groups is 1. The predicted molar refractivity (Wildman–Crippen MR) is 94.0 cm³/mol. The molecule has 6 heteroatoms. The van der Waals surface area contributed by atoms with Crippen molar-refractivity contribution in [3.8, 4) is 5.75 Å². The minimum Gasteiger partial charge on any atom is -0.480 e. The van der Waals surface area contributed by atoms with Crippen molar-refractivity contribution in [2.75, 3.05) is 26.2 Å². The average molecular weight is 330 g/mol. The monoisotopic (exact) mass is 330 g/mol. The highest BCUT2D eigenvalue weighted by molar-refractivity contribution is 5.77. The number of rotatable bonds is 8. The van der Waals surface area contributed by atoms with Crippen LogP contribution in [0.3, 0.4) is 0 Å². The lowest BCUT2D eigenvalue weighted by molar-refractivity contribution is -0.133. The number of aryl methyl sites for hydroxylation is 2. The van der Waals surface area contributed by atoms with Crippen molar-refractivity contribution in [3.63, 3.8) is 0 Å². The molecule has 6 nitrogen and oxygen atoms in total. The fourth-order valence-electron chi connectivity index (χ4n) is 2.61. The van der Waals surface area contributed by atoms with Crippen LogP contribution in [0.4, 0.5) is 0 Å². The van der Waals surface area contributed by atoms with Crippen molar-refractivity contribution in [2.24, 2.45) is 12.8 Å². The van der Waals surface area contributed by atoms with Crippen molar-refractivity contribution >= 4 is 5.91 Å². The first kappa shape index (κ1) is 18.0. The highest BCUT2D eigenvalue weighted by Gasteiger charge is 2.16.